The Hall–Kier alpha value is -3.34. The number of unbranched alkanes of at least 4 members (excludes halogenated alkanes) is 26. The highest BCUT2D eigenvalue weighted by Gasteiger charge is 2.28. The van der Waals surface area contributed by atoms with E-state index in [-0.39, 0.29) is 25.9 Å². The first-order chi connectivity index (χ1) is 37.2. The number of aliphatic hydroxyl groups excluding tert-OH is 1. The molecule has 11 nitrogen and oxygen atoms in total. The summed E-state index contributed by atoms with van der Waals surface area (Å²) in [6, 6.07) is 0. The van der Waals surface area contributed by atoms with Crippen molar-refractivity contribution in [2.75, 3.05) is 26.4 Å². The van der Waals surface area contributed by atoms with Gasteiger partial charge in [0.25, 0.3) is 0 Å². The van der Waals surface area contributed by atoms with Gasteiger partial charge in [0, 0.05) is 12.8 Å². The summed E-state index contributed by atoms with van der Waals surface area (Å²) in [5.41, 5.74) is 0. The minimum atomic E-state index is -4.78. The summed E-state index contributed by atoms with van der Waals surface area (Å²) in [7, 11) is -4.78. The molecule has 0 aliphatic heterocycles. The number of phosphoric ester groups is 1. The van der Waals surface area contributed by atoms with E-state index in [9.17, 15) is 28.9 Å². The third-order valence-corrected chi connectivity index (χ3v) is 13.8. The molecule has 0 fully saturated rings. The SMILES string of the molecule is CC/C=C\C/C=C\C/C=C\C/C=C\C/C=C\CC(=O)OC(CO)COP(=O)(O)OCC(COC(=O)CCCCCCCCC/C=C\C/C=C\CCCCC)OC(=O)CCCCCCCCCCCCCCCCCCC. The number of ether oxygens (including phenoxy) is 3. The van der Waals surface area contributed by atoms with E-state index < -0.39 is 57.8 Å². The summed E-state index contributed by atoms with van der Waals surface area (Å²) < 4.78 is 39.5. The number of rotatable bonds is 56. The van der Waals surface area contributed by atoms with Crippen molar-refractivity contribution in [3.8, 4) is 0 Å². The van der Waals surface area contributed by atoms with Crippen molar-refractivity contribution in [1.29, 1.82) is 0 Å². The normalized spacial score (nSPS) is 13.9. The lowest BCUT2D eigenvalue weighted by atomic mass is 10.0. The van der Waals surface area contributed by atoms with Gasteiger partial charge < -0.3 is 24.2 Å². The second kappa shape index (κ2) is 57.8. The fraction of sp³-hybridized carbons (Fsp3) is 0.734. The molecule has 12 heteroatoms. The van der Waals surface area contributed by atoms with Gasteiger partial charge in [-0.15, -0.1) is 0 Å². The van der Waals surface area contributed by atoms with Crippen molar-refractivity contribution in [2.24, 2.45) is 0 Å². The fourth-order valence-corrected chi connectivity index (χ4v) is 9.01. The molecule has 0 spiro atoms. The molecule has 76 heavy (non-hydrogen) atoms. The summed E-state index contributed by atoms with van der Waals surface area (Å²) in [4.78, 5) is 48.6. The molecular formula is C64H111O11P. The number of esters is 3. The number of hydrogen-bond acceptors (Lipinski definition) is 10. The first kappa shape index (κ1) is 72.7. The highest BCUT2D eigenvalue weighted by molar-refractivity contribution is 7.47. The van der Waals surface area contributed by atoms with Crippen LogP contribution in [0.1, 0.15) is 265 Å². The van der Waals surface area contributed by atoms with Crippen LogP contribution < -0.4 is 0 Å². The lowest BCUT2D eigenvalue weighted by molar-refractivity contribution is -0.161. The van der Waals surface area contributed by atoms with E-state index in [0.29, 0.717) is 19.3 Å². The van der Waals surface area contributed by atoms with Crippen LogP contribution in [0.4, 0.5) is 0 Å². The highest BCUT2D eigenvalue weighted by atomic mass is 31.2. The lowest BCUT2D eigenvalue weighted by Gasteiger charge is -2.21. The first-order valence-electron chi connectivity index (χ1n) is 30.5. The van der Waals surface area contributed by atoms with E-state index in [4.69, 9.17) is 23.3 Å². The number of hydrogen-bond donors (Lipinski definition) is 2. The van der Waals surface area contributed by atoms with Crippen LogP contribution in [0.3, 0.4) is 0 Å². The number of phosphoric acid groups is 1. The van der Waals surface area contributed by atoms with Crippen molar-refractivity contribution >= 4 is 25.7 Å². The molecule has 0 aliphatic carbocycles. The van der Waals surface area contributed by atoms with Crippen molar-refractivity contribution in [3.05, 3.63) is 85.1 Å². The average molecular weight is 1090 g/mol. The molecule has 0 rings (SSSR count). The van der Waals surface area contributed by atoms with Gasteiger partial charge in [0.05, 0.1) is 26.2 Å². The molecule has 0 bridgehead atoms. The van der Waals surface area contributed by atoms with Crippen molar-refractivity contribution in [1.82, 2.24) is 0 Å². The van der Waals surface area contributed by atoms with Gasteiger partial charge in [-0.3, -0.25) is 23.4 Å². The molecule has 0 amide bonds. The van der Waals surface area contributed by atoms with Crippen LogP contribution in [-0.4, -0.2) is 66.5 Å². The summed E-state index contributed by atoms with van der Waals surface area (Å²) in [6.07, 6.45) is 67.1. The van der Waals surface area contributed by atoms with E-state index in [1.807, 2.05) is 18.2 Å². The second-order valence-corrected chi connectivity index (χ2v) is 21.6. The molecule has 0 saturated carbocycles. The largest absolute Gasteiger partial charge is 0.472 e. The summed E-state index contributed by atoms with van der Waals surface area (Å²) in [6.45, 7) is 4.42. The first-order valence-corrected chi connectivity index (χ1v) is 32.0. The zero-order chi connectivity index (χ0) is 55.5. The summed E-state index contributed by atoms with van der Waals surface area (Å²) >= 11 is 0. The van der Waals surface area contributed by atoms with E-state index in [1.165, 1.54) is 122 Å². The monoisotopic (exact) mass is 1090 g/mol. The Bertz CT molecular complexity index is 1600. The van der Waals surface area contributed by atoms with Gasteiger partial charge in [-0.2, -0.15) is 0 Å². The van der Waals surface area contributed by atoms with Crippen LogP contribution in [0.2, 0.25) is 0 Å². The molecule has 0 aliphatic rings. The molecule has 0 saturated heterocycles. The van der Waals surface area contributed by atoms with Gasteiger partial charge in [0.2, 0.25) is 0 Å². The van der Waals surface area contributed by atoms with Crippen LogP contribution >= 0.6 is 7.82 Å². The Morgan fingerprint density at radius 1 is 0.395 bits per heavy atom. The number of carbonyl (C=O) groups excluding carboxylic acids is 3. The fourth-order valence-electron chi connectivity index (χ4n) is 8.23. The molecule has 0 aromatic rings. The minimum absolute atomic E-state index is 0.0568. The van der Waals surface area contributed by atoms with Crippen LogP contribution in [-0.2, 0) is 42.2 Å². The topological polar surface area (TPSA) is 155 Å². The number of allylic oxidation sites excluding steroid dienone is 13. The van der Waals surface area contributed by atoms with Gasteiger partial charge in [0.15, 0.2) is 6.10 Å². The van der Waals surface area contributed by atoms with Gasteiger partial charge in [-0.05, 0) is 77.0 Å². The van der Waals surface area contributed by atoms with E-state index in [1.54, 1.807) is 6.08 Å². The maximum absolute atomic E-state index is 12.9. The van der Waals surface area contributed by atoms with Crippen molar-refractivity contribution in [3.63, 3.8) is 0 Å². The van der Waals surface area contributed by atoms with Gasteiger partial charge >= 0.3 is 25.7 Å². The van der Waals surface area contributed by atoms with E-state index >= 15 is 0 Å². The van der Waals surface area contributed by atoms with Gasteiger partial charge in [-0.1, -0.05) is 254 Å². The molecule has 0 radical (unpaired) electrons. The quantitative estimate of drug-likeness (QED) is 0.0197. The zero-order valence-electron chi connectivity index (χ0n) is 48.5. The Kier molecular flexibility index (Phi) is 55.3. The van der Waals surface area contributed by atoms with Gasteiger partial charge in [0.1, 0.15) is 12.7 Å². The molecule has 3 unspecified atom stereocenters. The molecular weight excluding hydrogens is 976 g/mol. The Balaban J connectivity index is 4.79. The van der Waals surface area contributed by atoms with Crippen LogP contribution in [0.5, 0.6) is 0 Å². The maximum Gasteiger partial charge on any atom is 0.472 e. The second-order valence-electron chi connectivity index (χ2n) is 20.2. The standard InChI is InChI=1S/C64H111O11P/c1-4-7-10-13-16-19-22-25-28-30-33-35-38-41-44-47-50-53-62(66)71-57-61(75-64(68)55-52-49-46-43-40-37-34-31-29-26-23-20-17-14-11-8-5-2)59-73-76(69,70)72-58-60(56-65)74-63(67)54-51-48-45-42-39-36-32-27-24-21-18-15-12-9-6-3/h9,12,16,18-19,21,25,27-28,32,39,42,48,51,60-61,65H,4-8,10-11,13-15,17,20,22-24,26,29-31,33-38,40-41,43-47,49-50,52-59H2,1-3H3,(H,69,70)/b12-9-,19-16-,21-18-,28-25-,32-27-,42-39-,51-48-. The molecule has 0 aromatic heterocycles. The maximum atomic E-state index is 12.9. The minimum Gasteiger partial charge on any atom is -0.462 e. The number of aliphatic hydroxyl groups is 1. The Morgan fingerprint density at radius 2 is 0.737 bits per heavy atom. The molecule has 0 heterocycles. The summed E-state index contributed by atoms with van der Waals surface area (Å²) in [5.74, 6) is -1.60. The predicted octanol–water partition coefficient (Wildman–Crippen LogP) is 18.3. The Morgan fingerprint density at radius 3 is 1.18 bits per heavy atom. The Labute approximate surface area is 464 Å². The molecule has 0 aromatic carbocycles. The van der Waals surface area contributed by atoms with E-state index in [2.05, 4.69) is 81.5 Å². The van der Waals surface area contributed by atoms with Crippen LogP contribution in [0.25, 0.3) is 0 Å². The summed E-state index contributed by atoms with van der Waals surface area (Å²) in [5, 5.41) is 9.80. The van der Waals surface area contributed by atoms with Crippen LogP contribution in [0, 0.1) is 0 Å². The van der Waals surface area contributed by atoms with Crippen LogP contribution in [0.15, 0.2) is 85.1 Å². The smallest absolute Gasteiger partial charge is 0.462 e. The van der Waals surface area contributed by atoms with Crippen molar-refractivity contribution in [2.45, 2.75) is 277 Å². The molecule has 438 valence electrons. The predicted molar refractivity (Wildman–Crippen MR) is 316 cm³/mol. The van der Waals surface area contributed by atoms with E-state index in [0.717, 1.165) is 83.5 Å². The molecule has 3 atom stereocenters. The zero-order valence-corrected chi connectivity index (χ0v) is 49.3. The average Bonchev–Trinajstić information content (AvgIpc) is 3.41. The third kappa shape index (κ3) is 55.4. The van der Waals surface area contributed by atoms with Crippen molar-refractivity contribution < 1.29 is 52.2 Å². The highest BCUT2D eigenvalue weighted by Crippen LogP contribution is 2.43. The lowest BCUT2D eigenvalue weighted by Crippen LogP contribution is -2.30. The third-order valence-electron chi connectivity index (χ3n) is 12.8. The number of carbonyl (C=O) groups is 3. The molecule has 2 N–H and O–H groups in total. The van der Waals surface area contributed by atoms with Gasteiger partial charge in [-0.25, -0.2) is 4.57 Å².